The van der Waals surface area contributed by atoms with E-state index in [9.17, 15) is 0 Å². The average molecular weight is 429 g/mol. The van der Waals surface area contributed by atoms with Gasteiger partial charge in [0.05, 0.1) is 5.69 Å². The van der Waals surface area contributed by atoms with Gasteiger partial charge in [-0.3, -0.25) is 4.99 Å². The molecular formula is C31H28N2. The van der Waals surface area contributed by atoms with Crippen LogP contribution in [0.15, 0.2) is 108 Å². The average Bonchev–Trinajstić information content (AvgIpc) is 2.89. The largest absolute Gasteiger partial charge is 0.371 e. The van der Waals surface area contributed by atoms with Gasteiger partial charge in [0.15, 0.2) is 0 Å². The Morgan fingerprint density at radius 3 is 1.64 bits per heavy atom. The van der Waals surface area contributed by atoms with E-state index < -0.39 is 0 Å². The van der Waals surface area contributed by atoms with Crippen molar-refractivity contribution < 1.29 is 0 Å². The monoisotopic (exact) mass is 428 g/mol. The topological polar surface area (TPSA) is 15.6 Å². The SMILES string of the molecule is C(=Nc1cc2c3c(c1)[C@H](c1ccccc1)CCN3CC[C@@H]2c1ccccc1)c1ccccc1. The van der Waals surface area contributed by atoms with Gasteiger partial charge >= 0.3 is 0 Å². The standard InChI is InChI=1S/C31H28N2/c1-4-10-23(11-5-1)22-32-26-20-29-27(24-12-6-2-7-13-24)16-18-33-19-17-28(30(21-26)31(29)33)25-14-8-3-9-15-25/h1-15,20-22,27-28H,16-19H2/t27-,28+. The Bertz CT molecular complexity index is 1190. The first-order valence-corrected chi connectivity index (χ1v) is 12.0. The number of rotatable bonds is 4. The van der Waals surface area contributed by atoms with E-state index in [-0.39, 0.29) is 0 Å². The van der Waals surface area contributed by atoms with Crippen molar-refractivity contribution in [3.8, 4) is 0 Å². The second-order valence-electron chi connectivity index (χ2n) is 9.13. The van der Waals surface area contributed by atoms with Gasteiger partial charge in [0.1, 0.15) is 0 Å². The summed E-state index contributed by atoms with van der Waals surface area (Å²) in [6.45, 7) is 2.24. The first-order valence-electron chi connectivity index (χ1n) is 12.0. The van der Waals surface area contributed by atoms with E-state index in [0.29, 0.717) is 11.8 Å². The molecule has 2 aliphatic heterocycles. The summed E-state index contributed by atoms with van der Waals surface area (Å²) in [6, 6.07) is 37.1. The fraction of sp³-hybridized carbons (Fsp3) is 0.194. The fourth-order valence-corrected chi connectivity index (χ4v) is 5.60. The van der Waals surface area contributed by atoms with Gasteiger partial charge in [0.2, 0.25) is 0 Å². The van der Waals surface area contributed by atoms with Crippen LogP contribution in [-0.2, 0) is 0 Å². The molecule has 0 amide bonds. The van der Waals surface area contributed by atoms with Crippen LogP contribution in [0, 0.1) is 0 Å². The van der Waals surface area contributed by atoms with E-state index >= 15 is 0 Å². The molecule has 2 heterocycles. The summed E-state index contributed by atoms with van der Waals surface area (Å²) in [7, 11) is 0. The summed E-state index contributed by atoms with van der Waals surface area (Å²) in [5, 5.41) is 0. The third kappa shape index (κ3) is 3.87. The molecule has 0 aliphatic carbocycles. The maximum absolute atomic E-state index is 4.96. The van der Waals surface area contributed by atoms with Crippen molar-refractivity contribution in [1.82, 2.24) is 0 Å². The zero-order chi connectivity index (χ0) is 22.0. The minimum atomic E-state index is 0.414. The predicted molar refractivity (Wildman–Crippen MR) is 138 cm³/mol. The van der Waals surface area contributed by atoms with E-state index in [4.69, 9.17) is 4.99 Å². The quantitative estimate of drug-likeness (QED) is 0.311. The summed E-state index contributed by atoms with van der Waals surface area (Å²) < 4.78 is 0. The van der Waals surface area contributed by atoms with Crippen LogP contribution in [0.3, 0.4) is 0 Å². The molecule has 0 N–H and O–H groups in total. The van der Waals surface area contributed by atoms with E-state index in [2.05, 4.69) is 102 Å². The second kappa shape index (κ2) is 8.71. The van der Waals surface area contributed by atoms with Gasteiger partial charge in [-0.05, 0) is 52.8 Å². The lowest BCUT2D eigenvalue weighted by molar-refractivity contribution is 0.571. The highest BCUT2D eigenvalue weighted by molar-refractivity contribution is 5.83. The molecule has 0 aromatic heterocycles. The molecule has 4 aromatic rings. The van der Waals surface area contributed by atoms with Gasteiger partial charge in [-0.2, -0.15) is 0 Å². The van der Waals surface area contributed by atoms with Crippen LogP contribution in [-0.4, -0.2) is 19.3 Å². The summed E-state index contributed by atoms with van der Waals surface area (Å²) in [5.41, 5.74) is 9.32. The number of hydrogen-bond donors (Lipinski definition) is 0. The normalized spacial score (nSPS) is 19.5. The minimum absolute atomic E-state index is 0.414. The van der Waals surface area contributed by atoms with E-state index in [0.717, 1.165) is 37.2 Å². The van der Waals surface area contributed by atoms with Crippen LogP contribution in [0.2, 0.25) is 0 Å². The highest BCUT2D eigenvalue weighted by Gasteiger charge is 2.34. The molecule has 4 aromatic carbocycles. The summed E-state index contributed by atoms with van der Waals surface area (Å²) >= 11 is 0. The highest BCUT2D eigenvalue weighted by atomic mass is 15.1. The third-order valence-electron chi connectivity index (χ3n) is 7.16. The molecule has 0 saturated carbocycles. The Kier molecular flexibility index (Phi) is 5.28. The number of anilines is 1. The number of aliphatic imine (C=N–C) groups is 1. The lowest BCUT2D eigenvalue weighted by Crippen LogP contribution is -2.37. The van der Waals surface area contributed by atoms with Gasteiger partial charge in [-0.25, -0.2) is 0 Å². The number of nitrogens with zero attached hydrogens (tertiary/aromatic N) is 2. The maximum atomic E-state index is 4.96. The van der Waals surface area contributed by atoms with E-state index in [1.165, 1.54) is 27.9 Å². The molecule has 2 aliphatic rings. The van der Waals surface area contributed by atoms with Crippen molar-refractivity contribution in [2.45, 2.75) is 24.7 Å². The first kappa shape index (κ1) is 20.0. The van der Waals surface area contributed by atoms with Crippen LogP contribution >= 0.6 is 0 Å². The van der Waals surface area contributed by atoms with Gasteiger partial charge in [0, 0.05) is 36.8 Å². The van der Waals surface area contributed by atoms with Crippen LogP contribution in [0.25, 0.3) is 0 Å². The molecule has 2 heteroatoms. The van der Waals surface area contributed by atoms with Crippen LogP contribution in [0.1, 0.15) is 52.5 Å². The minimum Gasteiger partial charge on any atom is -0.371 e. The Morgan fingerprint density at radius 1 is 0.636 bits per heavy atom. The number of hydrogen-bond acceptors (Lipinski definition) is 2. The molecule has 2 atom stereocenters. The first-order chi connectivity index (χ1) is 16.4. The number of benzene rings is 4. The zero-order valence-electron chi connectivity index (χ0n) is 18.8. The summed E-state index contributed by atoms with van der Waals surface area (Å²) in [6.07, 6.45) is 4.30. The van der Waals surface area contributed by atoms with Gasteiger partial charge in [-0.15, -0.1) is 0 Å². The molecule has 0 saturated heterocycles. The van der Waals surface area contributed by atoms with Gasteiger partial charge < -0.3 is 4.90 Å². The smallest absolute Gasteiger partial charge is 0.0637 e. The van der Waals surface area contributed by atoms with Gasteiger partial charge in [0.25, 0.3) is 0 Å². The lowest BCUT2D eigenvalue weighted by atomic mass is 9.76. The molecule has 162 valence electrons. The van der Waals surface area contributed by atoms with Crippen LogP contribution in [0.5, 0.6) is 0 Å². The molecule has 0 fully saturated rings. The molecule has 33 heavy (non-hydrogen) atoms. The Hall–Kier alpha value is -3.65. The summed E-state index contributed by atoms with van der Waals surface area (Å²) in [4.78, 5) is 7.57. The van der Waals surface area contributed by atoms with E-state index in [1.54, 1.807) is 0 Å². The van der Waals surface area contributed by atoms with Crippen molar-refractivity contribution in [2.75, 3.05) is 18.0 Å². The molecule has 0 bridgehead atoms. The Morgan fingerprint density at radius 2 is 1.12 bits per heavy atom. The zero-order valence-corrected chi connectivity index (χ0v) is 18.8. The lowest BCUT2D eigenvalue weighted by Gasteiger charge is -2.43. The van der Waals surface area contributed by atoms with Crippen molar-refractivity contribution in [3.05, 3.63) is 131 Å². The van der Waals surface area contributed by atoms with Crippen LogP contribution < -0.4 is 4.90 Å². The second-order valence-corrected chi connectivity index (χ2v) is 9.13. The van der Waals surface area contributed by atoms with Crippen molar-refractivity contribution in [2.24, 2.45) is 4.99 Å². The maximum Gasteiger partial charge on any atom is 0.0637 e. The summed E-state index contributed by atoms with van der Waals surface area (Å²) in [5.74, 6) is 0.829. The molecule has 0 unspecified atom stereocenters. The van der Waals surface area contributed by atoms with E-state index in [1.807, 2.05) is 12.3 Å². The van der Waals surface area contributed by atoms with Crippen molar-refractivity contribution >= 4 is 17.6 Å². The fourth-order valence-electron chi connectivity index (χ4n) is 5.60. The molecule has 6 rings (SSSR count). The van der Waals surface area contributed by atoms with Crippen molar-refractivity contribution in [3.63, 3.8) is 0 Å². The Labute approximate surface area is 196 Å². The molecular weight excluding hydrogens is 400 g/mol. The highest BCUT2D eigenvalue weighted by Crippen LogP contribution is 2.49. The predicted octanol–water partition coefficient (Wildman–Crippen LogP) is 7.31. The molecule has 0 radical (unpaired) electrons. The van der Waals surface area contributed by atoms with Crippen molar-refractivity contribution in [1.29, 1.82) is 0 Å². The third-order valence-corrected chi connectivity index (χ3v) is 7.16. The Balaban J connectivity index is 1.51. The van der Waals surface area contributed by atoms with Gasteiger partial charge in [-0.1, -0.05) is 91.0 Å². The molecule has 0 spiro atoms. The molecule has 2 nitrogen and oxygen atoms in total. The van der Waals surface area contributed by atoms with Crippen LogP contribution in [0.4, 0.5) is 11.4 Å².